The highest BCUT2D eigenvalue weighted by Gasteiger charge is 2.31. The second-order valence-corrected chi connectivity index (χ2v) is 16.6. The Kier molecular flexibility index (Phi) is 17.1. The second-order valence-electron chi connectivity index (χ2n) is 16.6. The Morgan fingerprint density at radius 1 is 0.490 bits per heavy atom. The molecule has 1 unspecified atom stereocenters. The summed E-state index contributed by atoms with van der Waals surface area (Å²) >= 11 is 0. The Bertz CT molecular complexity index is 1060. The van der Waals surface area contributed by atoms with Crippen LogP contribution in [0, 0.1) is 0 Å². The van der Waals surface area contributed by atoms with Gasteiger partial charge >= 0.3 is 29.8 Å². The molecule has 0 aromatic heterocycles. The van der Waals surface area contributed by atoms with E-state index >= 15 is 0 Å². The summed E-state index contributed by atoms with van der Waals surface area (Å²) in [4.78, 5) is 71.3. The fourth-order valence-corrected chi connectivity index (χ4v) is 5.12. The second kappa shape index (κ2) is 19.0. The van der Waals surface area contributed by atoms with Crippen molar-refractivity contribution in [3.63, 3.8) is 0 Å². The zero-order valence-electron chi connectivity index (χ0n) is 32.2. The molecule has 1 rings (SSSR count). The van der Waals surface area contributed by atoms with Crippen molar-refractivity contribution in [2.45, 2.75) is 124 Å². The first-order valence-corrected chi connectivity index (χ1v) is 17.2. The SMILES string of the molecule is CC(C)(C)OC(=O)CCC(C(=O)O)N1CCN(CC(=O)OC(C)(C)C)CCN(CC(=O)OC(C)(C)C)CCN(CC(=O)OC(C)(C)C)CC1. The topological polar surface area (TPSA) is 155 Å². The molecule has 14 nitrogen and oxygen atoms in total. The molecule has 1 atom stereocenters. The number of carboxylic acids is 1. The summed E-state index contributed by atoms with van der Waals surface area (Å²) in [6.07, 6.45) is -0.0698. The van der Waals surface area contributed by atoms with Gasteiger partial charge in [-0.1, -0.05) is 0 Å². The molecule has 284 valence electrons. The van der Waals surface area contributed by atoms with Crippen molar-refractivity contribution in [3.8, 4) is 0 Å². The highest BCUT2D eigenvalue weighted by molar-refractivity contribution is 5.76. The first kappa shape index (κ1) is 44.2. The van der Waals surface area contributed by atoms with Crippen molar-refractivity contribution in [1.29, 1.82) is 0 Å². The Labute approximate surface area is 293 Å². The molecule has 0 aromatic rings. The van der Waals surface area contributed by atoms with E-state index in [9.17, 15) is 29.1 Å². The summed E-state index contributed by atoms with van der Waals surface area (Å²) < 4.78 is 22.2. The minimum absolute atomic E-state index is 0.00963. The molecule has 0 bridgehead atoms. The molecular weight excluding hydrogens is 636 g/mol. The van der Waals surface area contributed by atoms with Gasteiger partial charge in [0.15, 0.2) is 0 Å². The lowest BCUT2D eigenvalue weighted by Crippen LogP contribution is -2.52. The lowest BCUT2D eigenvalue weighted by Gasteiger charge is -2.36. The van der Waals surface area contributed by atoms with E-state index in [-0.39, 0.29) is 45.6 Å². The fourth-order valence-electron chi connectivity index (χ4n) is 5.12. The number of carbonyl (C=O) groups is 5. The average Bonchev–Trinajstić information content (AvgIpc) is 2.85. The van der Waals surface area contributed by atoms with Gasteiger partial charge in [-0.05, 0) is 89.5 Å². The monoisotopic (exact) mass is 700 g/mol. The molecule has 0 amide bonds. The molecule has 0 radical (unpaired) electrons. The van der Waals surface area contributed by atoms with Gasteiger partial charge in [-0.25, -0.2) is 0 Å². The predicted octanol–water partition coefficient (Wildman–Crippen LogP) is 2.81. The van der Waals surface area contributed by atoms with Crippen LogP contribution in [0.4, 0.5) is 0 Å². The van der Waals surface area contributed by atoms with E-state index in [1.165, 1.54) is 0 Å². The number of nitrogens with zero attached hydrogens (tertiary/aromatic N) is 4. The van der Waals surface area contributed by atoms with Crippen LogP contribution in [0.15, 0.2) is 0 Å². The third kappa shape index (κ3) is 21.8. The van der Waals surface area contributed by atoms with Crippen LogP contribution in [-0.2, 0) is 42.9 Å². The van der Waals surface area contributed by atoms with E-state index < -0.39 is 58.3 Å². The molecule has 1 N–H and O–H groups in total. The largest absolute Gasteiger partial charge is 0.480 e. The van der Waals surface area contributed by atoms with Gasteiger partial charge in [0.2, 0.25) is 0 Å². The molecule has 0 saturated carbocycles. The minimum Gasteiger partial charge on any atom is -0.480 e. The lowest BCUT2D eigenvalue weighted by molar-refractivity contribution is -0.159. The zero-order valence-corrected chi connectivity index (χ0v) is 32.2. The number of carbonyl (C=O) groups excluding carboxylic acids is 4. The van der Waals surface area contributed by atoms with Gasteiger partial charge in [-0.2, -0.15) is 0 Å². The van der Waals surface area contributed by atoms with Crippen molar-refractivity contribution < 1.29 is 48.0 Å². The molecule has 1 heterocycles. The van der Waals surface area contributed by atoms with Crippen LogP contribution in [0.3, 0.4) is 0 Å². The third-order valence-electron chi connectivity index (χ3n) is 6.96. The maximum atomic E-state index is 12.9. The van der Waals surface area contributed by atoms with Crippen LogP contribution >= 0.6 is 0 Å². The number of rotatable bonds is 11. The molecule has 1 saturated heterocycles. The Balaban J connectivity index is 3.40. The first-order chi connectivity index (χ1) is 22.2. The Hall–Kier alpha value is -2.81. The predicted molar refractivity (Wildman–Crippen MR) is 185 cm³/mol. The number of ether oxygens (including phenoxy) is 4. The van der Waals surface area contributed by atoms with Gasteiger partial charge in [-0.15, -0.1) is 0 Å². The number of hydrogen-bond donors (Lipinski definition) is 1. The number of hydrogen-bond acceptors (Lipinski definition) is 13. The molecule has 14 heteroatoms. The van der Waals surface area contributed by atoms with Gasteiger partial charge < -0.3 is 24.1 Å². The lowest BCUT2D eigenvalue weighted by atomic mass is 10.1. The molecule has 1 aliphatic rings. The molecule has 0 aliphatic carbocycles. The minimum atomic E-state index is -1.09. The van der Waals surface area contributed by atoms with Crippen LogP contribution in [0.2, 0.25) is 0 Å². The van der Waals surface area contributed by atoms with E-state index in [4.69, 9.17) is 18.9 Å². The van der Waals surface area contributed by atoms with Gasteiger partial charge in [0.1, 0.15) is 28.4 Å². The zero-order chi connectivity index (χ0) is 37.8. The molecular formula is C35H64N4O10. The van der Waals surface area contributed by atoms with Crippen LogP contribution in [0.25, 0.3) is 0 Å². The van der Waals surface area contributed by atoms with E-state index in [1.807, 2.05) is 14.7 Å². The van der Waals surface area contributed by atoms with E-state index in [2.05, 4.69) is 0 Å². The van der Waals surface area contributed by atoms with E-state index in [0.29, 0.717) is 39.3 Å². The van der Waals surface area contributed by atoms with Crippen molar-refractivity contribution in [3.05, 3.63) is 0 Å². The molecule has 49 heavy (non-hydrogen) atoms. The highest BCUT2D eigenvalue weighted by Crippen LogP contribution is 2.16. The van der Waals surface area contributed by atoms with Crippen molar-refractivity contribution in [2.75, 3.05) is 72.0 Å². The van der Waals surface area contributed by atoms with Gasteiger partial charge in [0.05, 0.1) is 19.6 Å². The summed E-state index contributed by atoms with van der Waals surface area (Å²) in [5.74, 6) is -2.81. The summed E-state index contributed by atoms with van der Waals surface area (Å²) in [5.41, 5.74) is -2.74. The first-order valence-electron chi connectivity index (χ1n) is 17.2. The number of aliphatic carboxylic acids is 1. The van der Waals surface area contributed by atoms with E-state index in [0.717, 1.165) is 0 Å². The van der Waals surface area contributed by atoms with Gasteiger partial charge in [0.25, 0.3) is 0 Å². The van der Waals surface area contributed by atoms with Crippen LogP contribution < -0.4 is 0 Å². The maximum Gasteiger partial charge on any atom is 0.320 e. The summed E-state index contributed by atoms with van der Waals surface area (Å²) in [5, 5.41) is 10.3. The molecule has 0 aromatic carbocycles. The van der Waals surface area contributed by atoms with Crippen molar-refractivity contribution >= 4 is 29.8 Å². The fraction of sp³-hybridized carbons (Fsp3) is 0.857. The standard InChI is InChI=1S/C35H64N4O10/c1-32(2,3)46-27(40)14-13-26(31(44)45)39-21-19-37(24-29(42)48-34(7,8)9)17-15-36(23-28(41)47-33(4,5)6)16-18-38(20-22-39)25-30(43)49-35(10,11)12/h26H,13-25H2,1-12H3,(H,44,45). The van der Waals surface area contributed by atoms with Gasteiger partial charge in [0, 0.05) is 58.8 Å². The summed E-state index contributed by atoms with van der Waals surface area (Å²) in [7, 11) is 0. The molecule has 1 aliphatic heterocycles. The quantitative estimate of drug-likeness (QED) is 0.248. The highest BCUT2D eigenvalue weighted by atomic mass is 16.6. The maximum absolute atomic E-state index is 12.9. The average molecular weight is 701 g/mol. The Morgan fingerprint density at radius 3 is 1.02 bits per heavy atom. The van der Waals surface area contributed by atoms with Crippen molar-refractivity contribution in [2.24, 2.45) is 0 Å². The summed E-state index contributed by atoms with van der Waals surface area (Å²) in [6.45, 7) is 24.0. The smallest absolute Gasteiger partial charge is 0.320 e. The van der Waals surface area contributed by atoms with Crippen LogP contribution in [0.1, 0.15) is 95.9 Å². The third-order valence-corrected chi connectivity index (χ3v) is 6.96. The number of carboxylic acid groups (broad SMARTS) is 1. The summed E-state index contributed by atoms with van der Waals surface area (Å²) in [6, 6.07) is -1.02. The normalized spacial score (nSPS) is 18.0. The van der Waals surface area contributed by atoms with Gasteiger partial charge in [-0.3, -0.25) is 43.6 Å². The van der Waals surface area contributed by atoms with Crippen molar-refractivity contribution in [1.82, 2.24) is 19.6 Å². The van der Waals surface area contributed by atoms with E-state index in [1.54, 1.807) is 88.0 Å². The molecule has 0 spiro atoms. The number of esters is 4. The van der Waals surface area contributed by atoms with Crippen LogP contribution in [0.5, 0.6) is 0 Å². The molecule has 1 fully saturated rings. The van der Waals surface area contributed by atoms with Crippen LogP contribution in [-0.4, -0.2) is 155 Å². The Morgan fingerprint density at radius 2 is 0.755 bits per heavy atom.